The maximum atomic E-state index is 12.4. The molecule has 3 rings (SSSR count). The number of hydrogen-bond donors (Lipinski definition) is 4. The van der Waals surface area contributed by atoms with E-state index in [0.29, 0.717) is 12.2 Å². The molecule has 0 saturated carbocycles. The largest absolute Gasteiger partial charge is 0.370 e. The molecule has 0 aliphatic heterocycles. The van der Waals surface area contributed by atoms with Crippen molar-refractivity contribution in [2.24, 2.45) is 16.5 Å². The van der Waals surface area contributed by atoms with Crippen molar-refractivity contribution >= 4 is 17.0 Å². The number of H-pyrrole nitrogens is 1. The standard InChI is InChI=1S/C21H29N7O/c1-3-5-18(24-10-4-11-25-20(22)23)15-6-8-17(9-7-15)28-13-16-12-14(2)26-19(16)27-21(28)29/h6-9,12-13,18,24H,3-5,10-11H2,1-2H3,(H4,22,23,25)(H,26,27,29)/t18-/m0/s1. The number of rotatable bonds is 9. The molecule has 0 radical (unpaired) electrons. The van der Waals surface area contributed by atoms with E-state index in [1.165, 1.54) is 5.56 Å². The van der Waals surface area contributed by atoms with Crippen LogP contribution in [0.1, 0.15) is 43.5 Å². The van der Waals surface area contributed by atoms with Crippen molar-refractivity contribution in [2.45, 2.75) is 39.2 Å². The lowest BCUT2D eigenvalue weighted by atomic mass is 10.0. The van der Waals surface area contributed by atoms with Crippen molar-refractivity contribution in [3.8, 4) is 5.69 Å². The average Bonchev–Trinajstić information content (AvgIpc) is 3.05. The van der Waals surface area contributed by atoms with Crippen LogP contribution in [0.25, 0.3) is 16.7 Å². The van der Waals surface area contributed by atoms with Gasteiger partial charge in [-0.2, -0.15) is 4.98 Å². The number of fused-ring (bicyclic) bond motifs is 1. The van der Waals surface area contributed by atoms with Crippen molar-refractivity contribution < 1.29 is 0 Å². The normalized spacial score (nSPS) is 12.2. The number of nitrogens with zero attached hydrogens (tertiary/aromatic N) is 3. The van der Waals surface area contributed by atoms with Crippen LogP contribution in [0.15, 0.2) is 46.3 Å². The van der Waals surface area contributed by atoms with Gasteiger partial charge in [-0.25, -0.2) is 4.79 Å². The Balaban J connectivity index is 1.74. The topological polar surface area (TPSA) is 127 Å². The average molecular weight is 396 g/mol. The van der Waals surface area contributed by atoms with Crippen LogP contribution in [0.5, 0.6) is 0 Å². The molecule has 0 aliphatic carbocycles. The van der Waals surface area contributed by atoms with E-state index in [1.807, 2.05) is 31.3 Å². The molecule has 0 fully saturated rings. The zero-order valence-corrected chi connectivity index (χ0v) is 17.0. The minimum atomic E-state index is -0.296. The minimum Gasteiger partial charge on any atom is -0.370 e. The first kappa shape index (κ1) is 20.6. The van der Waals surface area contributed by atoms with Gasteiger partial charge in [0.05, 0.1) is 5.69 Å². The molecule has 8 heteroatoms. The van der Waals surface area contributed by atoms with E-state index in [1.54, 1.807) is 4.57 Å². The second-order valence-electron chi connectivity index (χ2n) is 7.20. The quantitative estimate of drug-likeness (QED) is 0.251. The van der Waals surface area contributed by atoms with Gasteiger partial charge in [0.15, 0.2) is 5.96 Å². The molecule has 6 N–H and O–H groups in total. The summed E-state index contributed by atoms with van der Waals surface area (Å²) < 4.78 is 1.58. The van der Waals surface area contributed by atoms with E-state index < -0.39 is 0 Å². The number of guanidine groups is 1. The summed E-state index contributed by atoms with van der Waals surface area (Å²) >= 11 is 0. The van der Waals surface area contributed by atoms with Crippen molar-refractivity contribution in [1.82, 2.24) is 19.9 Å². The first-order valence-corrected chi connectivity index (χ1v) is 9.96. The zero-order valence-electron chi connectivity index (χ0n) is 17.0. The fourth-order valence-electron chi connectivity index (χ4n) is 3.42. The van der Waals surface area contributed by atoms with E-state index in [2.05, 4.69) is 39.3 Å². The molecule has 0 bridgehead atoms. The van der Waals surface area contributed by atoms with Gasteiger partial charge in [0.1, 0.15) is 5.65 Å². The molecule has 0 saturated heterocycles. The van der Waals surface area contributed by atoms with Gasteiger partial charge in [0, 0.05) is 29.9 Å². The summed E-state index contributed by atoms with van der Waals surface area (Å²) in [4.78, 5) is 23.7. The second kappa shape index (κ2) is 9.38. The SMILES string of the molecule is CCC[C@H](NCCCN=C(N)N)c1ccc(-n2cc3cc(C)[nH]c3nc2=O)cc1. The summed E-state index contributed by atoms with van der Waals surface area (Å²) in [5, 5.41) is 4.49. The number of aromatic nitrogens is 3. The highest BCUT2D eigenvalue weighted by atomic mass is 16.1. The Hall–Kier alpha value is -3.13. The third-order valence-corrected chi connectivity index (χ3v) is 4.81. The fourth-order valence-corrected chi connectivity index (χ4v) is 3.42. The maximum Gasteiger partial charge on any atom is 0.354 e. The Morgan fingerprint density at radius 1 is 1.31 bits per heavy atom. The van der Waals surface area contributed by atoms with Crippen molar-refractivity contribution in [3.05, 3.63) is 58.3 Å². The summed E-state index contributed by atoms with van der Waals surface area (Å²) in [5.74, 6) is 0.128. The summed E-state index contributed by atoms with van der Waals surface area (Å²) in [7, 11) is 0. The van der Waals surface area contributed by atoms with Crippen LogP contribution in [0, 0.1) is 6.92 Å². The Morgan fingerprint density at radius 3 is 2.76 bits per heavy atom. The first-order valence-electron chi connectivity index (χ1n) is 9.96. The molecule has 1 atom stereocenters. The van der Waals surface area contributed by atoms with Gasteiger partial charge in [-0.3, -0.25) is 9.56 Å². The molecular weight excluding hydrogens is 366 g/mol. The number of aryl methyl sites for hydroxylation is 1. The lowest BCUT2D eigenvalue weighted by Gasteiger charge is -2.19. The van der Waals surface area contributed by atoms with Crippen molar-refractivity contribution in [3.63, 3.8) is 0 Å². The van der Waals surface area contributed by atoms with E-state index in [-0.39, 0.29) is 17.7 Å². The van der Waals surface area contributed by atoms with Gasteiger partial charge in [-0.05, 0) is 50.1 Å². The smallest absolute Gasteiger partial charge is 0.354 e. The van der Waals surface area contributed by atoms with Crippen LogP contribution < -0.4 is 22.5 Å². The monoisotopic (exact) mass is 395 g/mol. The predicted molar refractivity (Wildman–Crippen MR) is 117 cm³/mol. The highest BCUT2D eigenvalue weighted by Crippen LogP contribution is 2.20. The fraction of sp³-hybridized carbons (Fsp3) is 0.381. The lowest BCUT2D eigenvalue weighted by molar-refractivity contribution is 0.490. The van der Waals surface area contributed by atoms with Gasteiger partial charge >= 0.3 is 5.69 Å². The van der Waals surface area contributed by atoms with Crippen LogP contribution in [-0.4, -0.2) is 33.6 Å². The lowest BCUT2D eigenvalue weighted by Crippen LogP contribution is -2.25. The van der Waals surface area contributed by atoms with Gasteiger partial charge in [0.2, 0.25) is 0 Å². The van der Waals surface area contributed by atoms with Crippen LogP contribution in [0.2, 0.25) is 0 Å². The number of aromatic amines is 1. The molecule has 0 aliphatic rings. The van der Waals surface area contributed by atoms with E-state index in [9.17, 15) is 4.79 Å². The molecule has 29 heavy (non-hydrogen) atoms. The minimum absolute atomic E-state index is 0.128. The number of aliphatic imine (C=N–C) groups is 1. The van der Waals surface area contributed by atoms with Crippen molar-refractivity contribution in [2.75, 3.05) is 13.1 Å². The summed E-state index contributed by atoms with van der Waals surface area (Å²) in [6, 6.07) is 10.3. The summed E-state index contributed by atoms with van der Waals surface area (Å²) in [5.41, 5.74) is 14.0. The van der Waals surface area contributed by atoms with Crippen molar-refractivity contribution in [1.29, 1.82) is 0 Å². The van der Waals surface area contributed by atoms with Gasteiger partial charge in [0.25, 0.3) is 0 Å². The Labute approximate surface area is 170 Å². The molecule has 8 nitrogen and oxygen atoms in total. The molecule has 0 spiro atoms. The molecule has 3 aromatic rings. The van der Waals surface area contributed by atoms with Crippen LogP contribution >= 0.6 is 0 Å². The third kappa shape index (κ3) is 5.23. The third-order valence-electron chi connectivity index (χ3n) is 4.81. The van der Waals surface area contributed by atoms with E-state index >= 15 is 0 Å². The Morgan fingerprint density at radius 2 is 2.07 bits per heavy atom. The molecule has 0 amide bonds. The number of hydrogen-bond acceptors (Lipinski definition) is 4. The van der Waals surface area contributed by atoms with Crippen LogP contribution in [0.4, 0.5) is 0 Å². The number of benzene rings is 1. The highest BCUT2D eigenvalue weighted by molar-refractivity contribution is 5.76. The van der Waals surface area contributed by atoms with E-state index in [4.69, 9.17) is 11.5 Å². The molecule has 0 unspecified atom stereocenters. The van der Waals surface area contributed by atoms with Gasteiger partial charge in [-0.15, -0.1) is 0 Å². The van der Waals surface area contributed by atoms with E-state index in [0.717, 1.165) is 42.6 Å². The molecule has 1 aromatic carbocycles. The Bertz CT molecular complexity index is 1030. The molecule has 2 aromatic heterocycles. The van der Waals surface area contributed by atoms with Gasteiger partial charge < -0.3 is 21.8 Å². The Kier molecular flexibility index (Phi) is 6.66. The maximum absolute atomic E-state index is 12.4. The van der Waals surface area contributed by atoms with Crippen LogP contribution in [-0.2, 0) is 0 Å². The van der Waals surface area contributed by atoms with Crippen LogP contribution in [0.3, 0.4) is 0 Å². The summed E-state index contributed by atoms with van der Waals surface area (Å²) in [6.45, 7) is 5.56. The highest BCUT2D eigenvalue weighted by Gasteiger charge is 2.11. The molecule has 154 valence electrons. The second-order valence-corrected chi connectivity index (χ2v) is 7.20. The molecular formula is C21H29N7O. The number of nitrogens with two attached hydrogens (primary N) is 2. The number of nitrogens with one attached hydrogen (secondary N) is 2. The predicted octanol–water partition coefficient (Wildman–Crippen LogP) is 2.12. The first-order chi connectivity index (χ1) is 14.0. The summed E-state index contributed by atoms with van der Waals surface area (Å²) in [6.07, 6.45) is 4.79. The zero-order chi connectivity index (χ0) is 20.8. The molecule has 2 heterocycles. The van der Waals surface area contributed by atoms with Gasteiger partial charge in [-0.1, -0.05) is 25.5 Å².